The molecule has 1 atom stereocenters. The quantitative estimate of drug-likeness (QED) is 0.508. The van der Waals surface area contributed by atoms with Crippen molar-refractivity contribution < 1.29 is 13.6 Å². The Hall–Kier alpha value is -2.70. The minimum absolute atomic E-state index is 0.0430. The van der Waals surface area contributed by atoms with Crippen molar-refractivity contribution >= 4 is 17.5 Å². The van der Waals surface area contributed by atoms with Gasteiger partial charge in [0.1, 0.15) is 11.6 Å². The van der Waals surface area contributed by atoms with Crippen molar-refractivity contribution in [1.29, 1.82) is 0 Å². The number of piperidine rings is 1. The van der Waals surface area contributed by atoms with E-state index in [1.165, 1.54) is 6.07 Å². The van der Waals surface area contributed by atoms with Crippen LogP contribution in [0.15, 0.2) is 59.1 Å². The molecule has 1 fully saturated rings. The molecule has 2 heterocycles. The summed E-state index contributed by atoms with van der Waals surface area (Å²) >= 11 is 5.95. The standard InChI is InChI=1S/C25H27ClFN3O2/c1-29(15-19-5-2-3-7-23(19)27)17-24(31)30-12-4-6-20(16-30)25-28-14-22(32-25)13-18-8-10-21(26)11-9-18/h2-3,5,7-11,14,20H,4,6,12-13,15-17H2,1H3/t20-/m1/s1. The fraction of sp³-hybridized carbons (Fsp3) is 0.360. The Morgan fingerprint density at radius 2 is 2.03 bits per heavy atom. The van der Waals surface area contributed by atoms with Gasteiger partial charge in [0.05, 0.1) is 18.7 Å². The summed E-state index contributed by atoms with van der Waals surface area (Å²) in [5, 5.41) is 0.707. The Bertz CT molecular complexity index is 1050. The molecule has 32 heavy (non-hydrogen) atoms. The molecule has 1 amide bonds. The molecule has 0 N–H and O–H groups in total. The second-order valence-electron chi connectivity index (χ2n) is 8.41. The van der Waals surface area contributed by atoms with Gasteiger partial charge in [-0.25, -0.2) is 9.37 Å². The third-order valence-electron chi connectivity index (χ3n) is 5.79. The molecule has 0 unspecified atom stereocenters. The van der Waals surface area contributed by atoms with Gasteiger partial charge in [-0.15, -0.1) is 0 Å². The fourth-order valence-electron chi connectivity index (χ4n) is 4.11. The highest BCUT2D eigenvalue weighted by Gasteiger charge is 2.28. The van der Waals surface area contributed by atoms with E-state index in [9.17, 15) is 9.18 Å². The first-order valence-corrected chi connectivity index (χ1v) is 11.2. The molecule has 4 rings (SSSR count). The van der Waals surface area contributed by atoms with Crippen LogP contribution in [0, 0.1) is 5.82 Å². The van der Waals surface area contributed by atoms with Crippen LogP contribution >= 0.6 is 11.6 Å². The van der Waals surface area contributed by atoms with Crippen LogP contribution < -0.4 is 0 Å². The smallest absolute Gasteiger partial charge is 0.236 e. The van der Waals surface area contributed by atoms with Crippen molar-refractivity contribution in [3.8, 4) is 0 Å². The van der Waals surface area contributed by atoms with Gasteiger partial charge in [0.15, 0.2) is 5.89 Å². The van der Waals surface area contributed by atoms with Crippen LogP contribution in [0.1, 0.15) is 41.5 Å². The average molecular weight is 456 g/mol. The lowest BCUT2D eigenvalue weighted by Gasteiger charge is -2.32. The predicted octanol–water partition coefficient (Wildman–Crippen LogP) is 4.90. The lowest BCUT2D eigenvalue weighted by atomic mass is 9.98. The van der Waals surface area contributed by atoms with Crippen molar-refractivity contribution in [2.45, 2.75) is 31.7 Å². The fourth-order valence-corrected chi connectivity index (χ4v) is 4.23. The van der Waals surface area contributed by atoms with E-state index in [0.29, 0.717) is 36.0 Å². The number of nitrogens with zero attached hydrogens (tertiary/aromatic N) is 3. The van der Waals surface area contributed by atoms with E-state index in [2.05, 4.69) is 4.98 Å². The number of hydrogen-bond acceptors (Lipinski definition) is 4. The summed E-state index contributed by atoms with van der Waals surface area (Å²) in [6.45, 7) is 1.95. The number of benzene rings is 2. The van der Waals surface area contributed by atoms with Crippen molar-refractivity contribution in [2.24, 2.45) is 0 Å². The molecule has 0 radical (unpaired) electrons. The summed E-state index contributed by atoms with van der Waals surface area (Å²) in [6, 6.07) is 14.3. The molecule has 5 nitrogen and oxygen atoms in total. The predicted molar refractivity (Wildman–Crippen MR) is 122 cm³/mol. The average Bonchev–Trinajstić information content (AvgIpc) is 3.25. The summed E-state index contributed by atoms with van der Waals surface area (Å²) in [5.41, 5.74) is 1.70. The van der Waals surface area contributed by atoms with Crippen LogP contribution in [-0.2, 0) is 17.8 Å². The van der Waals surface area contributed by atoms with Crippen LogP contribution in [0.3, 0.4) is 0 Å². The number of likely N-dealkylation sites (N-methyl/N-ethyl adjacent to an activating group) is 1. The van der Waals surface area contributed by atoms with Crippen LogP contribution in [0.25, 0.3) is 0 Å². The summed E-state index contributed by atoms with van der Waals surface area (Å²) in [6.07, 6.45) is 4.27. The second kappa shape index (κ2) is 10.3. The normalized spacial score (nSPS) is 16.5. The van der Waals surface area contributed by atoms with E-state index in [1.54, 1.807) is 24.4 Å². The topological polar surface area (TPSA) is 49.6 Å². The zero-order valence-corrected chi connectivity index (χ0v) is 18.9. The first kappa shape index (κ1) is 22.5. The molecule has 1 aliphatic heterocycles. The highest BCUT2D eigenvalue weighted by atomic mass is 35.5. The highest BCUT2D eigenvalue weighted by molar-refractivity contribution is 6.30. The molecular weight excluding hydrogens is 429 g/mol. The first-order valence-electron chi connectivity index (χ1n) is 10.9. The minimum Gasteiger partial charge on any atom is -0.445 e. The Balaban J connectivity index is 1.33. The van der Waals surface area contributed by atoms with Crippen molar-refractivity contribution in [3.63, 3.8) is 0 Å². The maximum absolute atomic E-state index is 13.9. The van der Waals surface area contributed by atoms with Crippen LogP contribution in [0.5, 0.6) is 0 Å². The van der Waals surface area contributed by atoms with Crippen molar-refractivity contribution in [2.75, 3.05) is 26.7 Å². The summed E-state index contributed by atoms with van der Waals surface area (Å²) < 4.78 is 19.9. The number of halogens is 2. The summed E-state index contributed by atoms with van der Waals surface area (Å²) in [5.74, 6) is 1.37. The Morgan fingerprint density at radius 1 is 1.25 bits per heavy atom. The van der Waals surface area contributed by atoms with E-state index in [1.807, 2.05) is 41.1 Å². The number of likely N-dealkylation sites (tertiary alicyclic amines) is 1. The number of oxazole rings is 1. The van der Waals surface area contributed by atoms with Gasteiger partial charge in [-0.2, -0.15) is 0 Å². The third kappa shape index (κ3) is 5.75. The van der Waals surface area contributed by atoms with Crippen LogP contribution in [0.4, 0.5) is 4.39 Å². The van der Waals surface area contributed by atoms with E-state index < -0.39 is 0 Å². The van der Waals surface area contributed by atoms with Gasteiger partial charge in [0.25, 0.3) is 0 Å². The van der Waals surface area contributed by atoms with Gasteiger partial charge in [0.2, 0.25) is 5.91 Å². The zero-order chi connectivity index (χ0) is 22.5. The van der Waals surface area contributed by atoms with Crippen molar-refractivity contribution in [1.82, 2.24) is 14.8 Å². The number of amides is 1. The second-order valence-corrected chi connectivity index (χ2v) is 8.85. The molecule has 168 valence electrons. The molecule has 0 saturated carbocycles. The largest absolute Gasteiger partial charge is 0.445 e. The molecule has 2 aromatic carbocycles. The van der Waals surface area contributed by atoms with E-state index in [0.717, 1.165) is 30.7 Å². The van der Waals surface area contributed by atoms with Crippen LogP contribution in [0.2, 0.25) is 5.02 Å². The minimum atomic E-state index is -0.247. The van der Waals surface area contributed by atoms with Gasteiger partial charge >= 0.3 is 0 Å². The summed E-state index contributed by atoms with van der Waals surface area (Å²) in [4.78, 5) is 21.1. The molecule has 3 aromatic rings. The van der Waals surface area contributed by atoms with Gasteiger partial charge in [0, 0.05) is 36.6 Å². The Kier molecular flexibility index (Phi) is 7.22. The maximum atomic E-state index is 13.9. The zero-order valence-electron chi connectivity index (χ0n) is 18.1. The SMILES string of the molecule is CN(CC(=O)N1CCC[C@@H](c2ncc(Cc3ccc(Cl)cc3)o2)C1)Cc1ccccc1F. The Morgan fingerprint density at radius 3 is 2.81 bits per heavy atom. The van der Waals surface area contributed by atoms with Crippen molar-refractivity contribution in [3.05, 3.63) is 88.3 Å². The molecule has 7 heteroatoms. The number of carbonyl (C=O) groups excluding carboxylic acids is 1. The molecule has 1 aromatic heterocycles. The number of rotatable bonds is 7. The van der Waals surface area contributed by atoms with E-state index in [4.69, 9.17) is 16.0 Å². The van der Waals surface area contributed by atoms with E-state index >= 15 is 0 Å². The lowest BCUT2D eigenvalue weighted by molar-refractivity contribution is -0.133. The molecule has 0 spiro atoms. The summed E-state index contributed by atoms with van der Waals surface area (Å²) in [7, 11) is 1.84. The number of carbonyl (C=O) groups is 1. The van der Waals surface area contributed by atoms with Gasteiger partial charge in [-0.3, -0.25) is 9.69 Å². The molecule has 0 aliphatic carbocycles. The maximum Gasteiger partial charge on any atom is 0.236 e. The molecule has 0 bridgehead atoms. The van der Waals surface area contributed by atoms with Gasteiger partial charge < -0.3 is 9.32 Å². The lowest BCUT2D eigenvalue weighted by Crippen LogP contribution is -2.43. The molecule has 1 aliphatic rings. The highest BCUT2D eigenvalue weighted by Crippen LogP contribution is 2.27. The first-order chi connectivity index (χ1) is 15.5. The monoisotopic (exact) mass is 455 g/mol. The molecular formula is C25H27ClFN3O2. The number of aromatic nitrogens is 1. The Labute approximate surface area is 192 Å². The van der Waals surface area contributed by atoms with Crippen LogP contribution in [-0.4, -0.2) is 47.4 Å². The molecule has 1 saturated heterocycles. The van der Waals surface area contributed by atoms with Gasteiger partial charge in [-0.05, 0) is 43.7 Å². The number of hydrogen-bond donors (Lipinski definition) is 0. The third-order valence-corrected chi connectivity index (χ3v) is 6.04. The van der Waals surface area contributed by atoms with E-state index in [-0.39, 0.29) is 24.2 Å². The van der Waals surface area contributed by atoms with Gasteiger partial charge in [-0.1, -0.05) is 41.9 Å².